The van der Waals surface area contributed by atoms with Crippen molar-refractivity contribution in [2.75, 3.05) is 70.8 Å². The highest BCUT2D eigenvalue weighted by atomic mass is 19.3. The summed E-state index contributed by atoms with van der Waals surface area (Å²) >= 11 is 0. The number of cyclic esters (lactones) is 2. The summed E-state index contributed by atoms with van der Waals surface area (Å²) in [6.45, 7) is 18.6. The van der Waals surface area contributed by atoms with Gasteiger partial charge in [0.25, 0.3) is 0 Å². The molecule has 2 aromatic rings. The van der Waals surface area contributed by atoms with Crippen molar-refractivity contribution < 1.29 is 113 Å². The van der Waals surface area contributed by atoms with E-state index in [9.17, 15) is 28.0 Å². The van der Waals surface area contributed by atoms with Crippen LogP contribution in [0.4, 0.5) is 8.78 Å². The highest BCUT2D eigenvalue weighted by Gasteiger charge is 2.57. The van der Waals surface area contributed by atoms with E-state index in [2.05, 4.69) is 117 Å². The summed E-state index contributed by atoms with van der Waals surface area (Å²) in [5, 5.41) is 8.93. The minimum absolute atomic E-state index is 0.0364. The van der Waals surface area contributed by atoms with E-state index < -0.39 is 31.1 Å². The number of rotatable bonds is 19. The highest BCUT2D eigenvalue weighted by molar-refractivity contribution is 6.00. The van der Waals surface area contributed by atoms with Gasteiger partial charge in [0, 0.05) is 102 Å². The first-order valence-corrected chi connectivity index (χ1v) is 45.4. The fourth-order valence-corrected chi connectivity index (χ4v) is 23.0. The molecular formula is C95H138F2N4O22. The molecule has 0 radical (unpaired) electrons. The van der Waals surface area contributed by atoms with Crippen LogP contribution in [0.1, 0.15) is 183 Å². The summed E-state index contributed by atoms with van der Waals surface area (Å²) in [4.78, 5) is 63.6. The van der Waals surface area contributed by atoms with Crippen molar-refractivity contribution in [3.05, 3.63) is 83.3 Å². The summed E-state index contributed by atoms with van der Waals surface area (Å²) in [5.41, 5.74) is 4.07. The average molecular weight is 1730 g/mol. The standard InChI is InChI=1S/C42H67NO10.C41H65NO10.C12H6F2N2O2/c1-11-26-13-12-14-35(53-37-16-15-34(43(6)7)24(4)49-37)23(3)38(45)33-20-31-29(32(33)21-36(44)51-26)17-22(2)28-18-27(19-30(28)31)52-42-41(48-10)40(47-9)39(46-8)25(5)50-42;1-10-26-12-11-13-34(52-36-17-16-33(42(5)6)23(3)48-36)22(2)37(44)32-20-30-28(31(32)21-35(43)50-26)15-14-25-18-27(19-29(25)30)51-41-40(47-9)39(46-8)38(45-7)24(4)49-41;13-12(14)17-10-3-1-2-8(11(10)18-12)9-6-16-5-7(9)4-15/h17,20,23-32,34-35,37,39-42H,11-16,18-19,21H2,1-10H3;14-15,20,22-31,33-34,36,38-41H,10-13,16-19,21H2,1-9H3;1-3,5-6,16H/t23-,24-,25+,26+,27-,28+,29-,30-,31-,32+,34+,35+,37+,39+,40-,41-,42+;22-,23-,24+,25-,26+,27-,28-,29-,30-,31+,33+,34+,36+,38+,39-,40-,41+;/m11./s1. The number of nitrogens with one attached hydrogen (secondary N) is 1. The summed E-state index contributed by atoms with van der Waals surface area (Å²) in [5.74, 6) is -0.0668. The van der Waals surface area contributed by atoms with Crippen LogP contribution in [0.3, 0.4) is 0 Å². The Balaban J connectivity index is 0.000000176. The molecule has 0 bridgehead atoms. The number of esters is 2. The van der Waals surface area contributed by atoms with Gasteiger partial charge in [-0.15, -0.1) is 8.78 Å². The van der Waals surface area contributed by atoms with Gasteiger partial charge in [-0.05, 0) is 230 Å². The fourth-order valence-electron chi connectivity index (χ4n) is 23.0. The Morgan fingerprint density at radius 2 is 1.00 bits per heavy atom. The molecule has 26 nitrogen and oxygen atoms in total. The summed E-state index contributed by atoms with van der Waals surface area (Å²) in [7, 11) is 18.3. The number of nitriles is 1. The topological polar surface area (TPSA) is 280 Å². The number of nitrogens with zero attached hydrogens (tertiary/aromatic N) is 3. The number of benzene rings is 1. The van der Waals surface area contributed by atoms with Crippen LogP contribution < -0.4 is 9.47 Å². The van der Waals surface area contributed by atoms with Gasteiger partial charge in [0.1, 0.15) is 54.9 Å². The van der Waals surface area contributed by atoms with Gasteiger partial charge >= 0.3 is 18.2 Å². The molecule has 15 rings (SSSR count). The number of likely N-dealkylation sites (N-methyl/N-ethyl adjacent to an activating group) is 2. The second-order valence-corrected chi connectivity index (χ2v) is 37.2. The van der Waals surface area contributed by atoms with Crippen LogP contribution in [0, 0.1) is 82.3 Å². The maximum Gasteiger partial charge on any atom is 0.586 e. The quantitative estimate of drug-likeness (QED) is 0.101. The molecule has 1 aromatic heterocycles. The van der Waals surface area contributed by atoms with Gasteiger partial charge in [0.2, 0.25) is 0 Å². The molecule has 13 aliphatic rings. The number of carbonyl (C=O) groups is 4. The van der Waals surface area contributed by atoms with E-state index in [1.807, 2.05) is 33.8 Å². The molecule has 0 amide bonds. The number of para-hydroxylation sites is 1. The van der Waals surface area contributed by atoms with E-state index in [4.69, 9.17) is 81.1 Å². The number of methoxy groups -OCH3 is 6. The lowest BCUT2D eigenvalue weighted by Gasteiger charge is -2.44. The number of aromatic nitrogens is 1. The third-order valence-corrected chi connectivity index (χ3v) is 29.5. The maximum atomic E-state index is 14.7. The zero-order chi connectivity index (χ0) is 88.2. The predicted molar refractivity (Wildman–Crippen MR) is 450 cm³/mol. The minimum Gasteiger partial charge on any atom is -0.462 e. The van der Waals surface area contributed by atoms with Crippen LogP contribution in [-0.4, -0.2) is 250 Å². The molecule has 7 aliphatic heterocycles. The lowest BCUT2D eigenvalue weighted by atomic mass is 9.67. The van der Waals surface area contributed by atoms with Crippen LogP contribution in [0.2, 0.25) is 0 Å². The number of allylic oxidation sites excluding steroid dienone is 8. The Morgan fingerprint density at radius 3 is 1.48 bits per heavy atom. The average Bonchev–Trinajstić information content (AvgIpc) is 1.60. The van der Waals surface area contributed by atoms with Gasteiger partial charge in [-0.25, -0.2) is 0 Å². The summed E-state index contributed by atoms with van der Waals surface area (Å²) in [6.07, 6.45) is 18.8. The summed E-state index contributed by atoms with van der Waals surface area (Å²) < 4.78 is 134. The first-order valence-electron chi connectivity index (χ1n) is 45.4. The van der Waals surface area contributed by atoms with Crippen LogP contribution >= 0.6 is 0 Å². The number of Topliss-reactive ketones (excluding diaryl/α,β-unsaturated/α-hetero) is 2. The van der Waals surface area contributed by atoms with Crippen LogP contribution in [0.25, 0.3) is 11.1 Å². The van der Waals surface area contributed by atoms with Crippen LogP contribution in [-0.2, 0) is 95.0 Å². The largest absolute Gasteiger partial charge is 0.586 e. The van der Waals surface area contributed by atoms with Crippen molar-refractivity contribution in [1.82, 2.24) is 14.8 Å². The van der Waals surface area contributed by atoms with Crippen molar-refractivity contribution in [2.45, 2.75) is 319 Å². The molecule has 28 heteroatoms. The fraction of sp³-hybridized carbons (Fsp3) is 0.758. The number of ether oxygens (including phenoxy) is 18. The Kier molecular flexibility index (Phi) is 32.1. The molecule has 2 saturated carbocycles. The Bertz CT molecular complexity index is 4070. The second kappa shape index (κ2) is 41.6. The van der Waals surface area contributed by atoms with Gasteiger partial charge in [-0.1, -0.05) is 75.8 Å². The third kappa shape index (κ3) is 20.9. The van der Waals surface area contributed by atoms with E-state index in [-0.39, 0.29) is 205 Å². The first-order chi connectivity index (χ1) is 59.0. The number of carbonyl (C=O) groups excluding carboxylic acids is 4. The minimum atomic E-state index is -3.67. The number of halogens is 2. The van der Waals surface area contributed by atoms with E-state index in [0.29, 0.717) is 53.5 Å². The molecule has 8 fully saturated rings. The SMILES string of the molecule is CC[C@H]1CCC[C@H](O[C@H]2CC[C@H](N(C)C)[C@@H](C)O2)[C@@H](C)C(=O)C2=C[C@@H]3[C@@H](C=C(C)[C@@H]4C[C@@H](O[C@@H]5O[C@@H](C)[C@H](OC)[C@@H](OC)[C@H]5OC)C[C@@H]34)[C@@H]2CC(=O)O1.CC[C@H]1CCC[C@H](O[C@H]2CC[C@H](N(C)C)[C@@H](C)O2)[C@@H](C)C(=O)C2=C[C@@H]3[C@@H](C=C[C@@H]4C[C@@H](O[C@@H]5O[C@@H](C)[C@H](OC)[C@@H](OC)[C@H]5OC)C[C@@H]34)[C@@H]2CC(=O)O1.N#Cc1c[nH]cc1-c1cccc2c1OC(F)(F)O2. The highest BCUT2D eigenvalue weighted by Crippen LogP contribution is 2.58. The Labute approximate surface area is 726 Å². The van der Waals surface area contributed by atoms with Crippen LogP contribution in [0.15, 0.2) is 77.7 Å². The third-order valence-electron chi connectivity index (χ3n) is 29.5. The van der Waals surface area contributed by atoms with Crippen molar-refractivity contribution >= 4 is 23.5 Å². The van der Waals surface area contributed by atoms with E-state index in [1.165, 1.54) is 17.8 Å². The van der Waals surface area contributed by atoms with E-state index >= 15 is 0 Å². The molecule has 684 valence electrons. The zero-order valence-corrected chi connectivity index (χ0v) is 75.7. The zero-order valence-electron chi connectivity index (χ0n) is 75.7. The molecule has 34 atom stereocenters. The number of hydrogen-bond acceptors (Lipinski definition) is 25. The number of H-pyrrole nitrogens is 1. The van der Waals surface area contributed by atoms with Crippen molar-refractivity contribution in [1.29, 1.82) is 5.26 Å². The molecule has 1 aromatic carbocycles. The first kappa shape index (κ1) is 94.7. The molecule has 6 aliphatic carbocycles. The molecule has 123 heavy (non-hydrogen) atoms. The van der Waals surface area contributed by atoms with Gasteiger partial charge in [0.15, 0.2) is 48.2 Å². The van der Waals surface area contributed by atoms with Crippen molar-refractivity contribution in [3.63, 3.8) is 0 Å². The number of ketones is 2. The molecule has 6 saturated heterocycles. The van der Waals surface area contributed by atoms with Crippen molar-refractivity contribution in [2.24, 2.45) is 71.0 Å². The van der Waals surface area contributed by atoms with E-state index in [1.54, 1.807) is 61.0 Å². The normalized spacial score (nSPS) is 41.1. The van der Waals surface area contributed by atoms with Crippen molar-refractivity contribution in [3.8, 4) is 28.7 Å². The summed E-state index contributed by atoms with van der Waals surface area (Å²) in [6, 6.07) is 7.19. The number of hydrogen-bond donors (Lipinski definition) is 1. The van der Waals surface area contributed by atoms with E-state index in [0.717, 1.165) is 101 Å². The lowest BCUT2D eigenvalue weighted by Crippen LogP contribution is -2.59. The molecule has 1 N–H and O–H groups in total. The number of fused-ring (bicyclic) bond motifs is 11. The molecule has 8 heterocycles. The lowest BCUT2D eigenvalue weighted by molar-refractivity contribution is -0.314. The monoisotopic (exact) mass is 1720 g/mol. The molecule has 0 unspecified atom stereocenters. The van der Waals surface area contributed by atoms with Gasteiger partial charge in [-0.2, -0.15) is 5.26 Å². The molecular weight excluding hydrogens is 1590 g/mol. The maximum absolute atomic E-state index is 14.7. The van der Waals surface area contributed by atoms with Gasteiger partial charge in [0.05, 0.1) is 67.2 Å². The number of alkyl halides is 2. The smallest absolute Gasteiger partial charge is 0.462 e. The molecule has 0 spiro atoms. The number of aromatic amines is 1. The Hall–Kier alpha value is -5.95. The van der Waals surface area contributed by atoms with Gasteiger partial charge in [-0.3, -0.25) is 19.2 Å². The second-order valence-electron chi connectivity index (χ2n) is 37.2. The Morgan fingerprint density at radius 1 is 0.512 bits per heavy atom. The van der Waals surface area contributed by atoms with Crippen LogP contribution in [0.5, 0.6) is 11.5 Å². The predicted octanol–water partition coefficient (Wildman–Crippen LogP) is 14.2. The van der Waals surface area contributed by atoms with Gasteiger partial charge < -0.3 is 100 Å².